The van der Waals surface area contributed by atoms with E-state index in [0.29, 0.717) is 0 Å². The molecule has 0 radical (unpaired) electrons. The van der Waals surface area contributed by atoms with Crippen LogP contribution in [0.5, 0.6) is 11.5 Å². The zero-order chi connectivity index (χ0) is 14.2. The number of methoxy groups -OCH3 is 2. The van der Waals surface area contributed by atoms with Gasteiger partial charge in [0, 0.05) is 0 Å². The lowest BCUT2D eigenvalue weighted by atomic mass is 10.2. The van der Waals surface area contributed by atoms with Gasteiger partial charge in [-0.05, 0) is 35.4 Å². The third-order valence-corrected chi connectivity index (χ3v) is 2.67. The maximum absolute atomic E-state index is 5.14. The van der Waals surface area contributed by atoms with Crippen LogP contribution in [0.15, 0.2) is 58.7 Å². The summed E-state index contributed by atoms with van der Waals surface area (Å²) < 4.78 is 10.3. The summed E-state index contributed by atoms with van der Waals surface area (Å²) in [5.74, 6) is 1.59. The fourth-order valence-electron chi connectivity index (χ4n) is 1.64. The molecule has 2 aromatic carbocycles. The second-order valence-corrected chi connectivity index (χ2v) is 4.04. The second kappa shape index (κ2) is 7.09. The number of hydrogen-bond donors (Lipinski definition) is 0. The molecule has 102 valence electrons. The standard InChI is InChI=1S/C16H16N2O2/c1-19-15-7-3-5-13(9-15)11-17-18-12-14-6-4-8-16(10-14)20-2/h3-12H,1-2H3/b17-11+,18-12+. The third kappa shape index (κ3) is 3.95. The van der Waals surface area contributed by atoms with Crippen molar-refractivity contribution in [2.75, 3.05) is 14.2 Å². The van der Waals surface area contributed by atoms with Gasteiger partial charge < -0.3 is 9.47 Å². The lowest BCUT2D eigenvalue weighted by Crippen LogP contribution is -1.86. The quantitative estimate of drug-likeness (QED) is 0.617. The molecule has 0 atom stereocenters. The Morgan fingerprint density at radius 2 is 1.20 bits per heavy atom. The van der Waals surface area contributed by atoms with E-state index in [2.05, 4.69) is 10.2 Å². The smallest absolute Gasteiger partial charge is 0.119 e. The van der Waals surface area contributed by atoms with Crippen LogP contribution in [0.2, 0.25) is 0 Å². The highest BCUT2D eigenvalue weighted by Gasteiger charge is 1.92. The summed E-state index contributed by atoms with van der Waals surface area (Å²) in [6, 6.07) is 15.3. The van der Waals surface area contributed by atoms with E-state index in [9.17, 15) is 0 Å². The van der Waals surface area contributed by atoms with Gasteiger partial charge in [0.1, 0.15) is 11.5 Å². The van der Waals surface area contributed by atoms with Gasteiger partial charge in [-0.1, -0.05) is 24.3 Å². The van der Waals surface area contributed by atoms with Crippen LogP contribution in [0.4, 0.5) is 0 Å². The van der Waals surface area contributed by atoms with Crippen molar-refractivity contribution in [3.63, 3.8) is 0 Å². The summed E-state index contributed by atoms with van der Waals surface area (Å²) in [7, 11) is 3.27. The lowest BCUT2D eigenvalue weighted by Gasteiger charge is -1.99. The minimum absolute atomic E-state index is 0.797. The maximum atomic E-state index is 5.14. The SMILES string of the molecule is COc1cccc(/C=N/N=C/c2cccc(OC)c2)c1. The molecule has 20 heavy (non-hydrogen) atoms. The number of ether oxygens (including phenoxy) is 2. The summed E-state index contributed by atoms with van der Waals surface area (Å²) in [6.07, 6.45) is 3.36. The zero-order valence-corrected chi connectivity index (χ0v) is 11.5. The molecule has 0 heterocycles. The predicted octanol–water partition coefficient (Wildman–Crippen LogP) is 3.16. The molecule has 0 amide bonds. The van der Waals surface area contributed by atoms with Gasteiger partial charge in [0.25, 0.3) is 0 Å². The average Bonchev–Trinajstić information content (AvgIpc) is 2.52. The molecule has 0 fully saturated rings. The van der Waals surface area contributed by atoms with Gasteiger partial charge in [-0.3, -0.25) is 0 Å². The monoisotopic (exact) mass is 268 g/mol. The average molecular weight is 268 g/mol. The van der Waals surface area contributed by atoms with Crippen molar-refractivity contribution in [2.24, 2.45) is 10.2 Å². The molecule has 0 saturated heterocycles. The molecule has 0 N–H and O–H groups in total. The van der Waals surface area contributed by atoms with Gasteiger partial charge in [-0.25, -0.2) is 0 Å². The third-order valence-electron chi connectivity index (χ3n) is 2.67. The van der Waals surface area contributed by atoms with Gasteiger partial charge >= 0.3 is 0 Å². The van der Waals surface area contributed by atoms with E-state index in [-0.39, 0.29) is 0 Å². The first-order valence-corrected chi connectivity index (χ1v) is 6.16. The van der Waals surface area contributed by atoms with Gasteiger partial charge in [0.2, 0.25) is 0 Å². The molecule has 0 saturated carbocycles. The van der Waals surface area contributed by atoms with E-state index < -0.39 is 0 Å². The van der Waals surface area contributed by atoms with Crippen LogP contribution < -0.4 is 9.47 Å². The molecule has 0 bridgehead atoms. The van der Waals surface area contributed by atoms with Gasteiger partial charge in [0.15, 0.2) is 0 Å². The van der Waals surface area contributed by atoms with Crippen LogP contribution in [0.1, 0.15) is 11.1 Å². The predicted molar refractivity (Wildman–Crippen MR) is 81.2 cm³/mol. The Morgan fingerprint density at radius 1 is 0.750 bits per heavy atom. The number of hydrogen-bond acceptors (Lipinski definition) is 4. The molecule has 0 aromatic heterocycles. The van der Waals surface area contributed by atoms with E-state index in [1.165, 1.54) is 0 Å². The minimum Gasteiger partial charge on any atom is -0.497 e. The number of rotatable bonds is 5. The normalized spacial score (nSPS) is 11.1. The van der Waals surface area contributed by atoms with E-state index in [1.54, 1.807) is 26.6 Å². The Bertz CT molecular complexity index is 566. The fraction of sp³-hybridized carbons (Fsp3) is 0.125. The minimum atomic E-state index is 0.797. The first-order chi connectivity index (χ1) is 9.81. The molecule has 2 aromatic rings. The maximum Gasteiger partial charge on any atom is 0.119 e. The molecule has 0 unspecified atom stereocenters. The molecular weight excluding hydrogens is 252 g/mol. The Labute approximate surface area is 118 Å². The molecule has 4 nitrogen and oxygen atoms in total. The molecule has 0 aliphatic carbocycles. The van der Waals surface area contributed by atoms with Crippen LogP contribution in [-0.4, -0.2) is 26.6 Å². The van der Waals surface area contributed by atoms with Crippen molar-refractivity contribution in [3.05, 3.63) is 59.7 Å². The van der Waals surface area contributed by atoms with Crippen LogP contribution in [-0.2, 0) is 0 Å². The highest BCUT2D eigenvalue weighted by molar-refractivity contribution is 5.83. The number of nitrogens with zero attached hydrogens (tertiary/aromatic N) is 2. The summed E-state index contributed by atoms with van der Waals surface area (Å²) in [5.41, 5.74) is 1.87. The Kier molecular flexibility index (Phi) is 4.89. The number of benzene rings is 2. The zero-order valence-electron chi connectivity index (χ0n) is 11.5. The van der Waals surface area contributed by atoms with Crippen LogP contribution >= 0.6 is 0 Å². The van der Waals surface area contributed by atoms with Gasteiger partial charge in [-0.2, -0.15) is 10.2 Å². The Hall–Kier alpha value is -2.62. The molecular formula is C16H16N2O2. The van der Waals surface area contributed by atoms with Crippen molar-refractivity contribution >= 4 is 12.4 Å². The van der Waals surface area contributed by atoms with Crippen molar-refractivity contribution in [1.29, 1.82) is 0 Å². The van der Waals surface area contributed by atoms with E-state index in [4.69, 9.17) is 9.47 Å². The Balaban J connectivity index is 2.02. The van der Waals surface area contributed by atoms with Crippen LogP contribution in [0.25, 0.3) is 0 Å². The Morgan fingerprint density at radius 3 is 1.60 bits per heavy atom. The van der Waals surface area contributed by atoms with Crippen molar-refractivity contribution in [3.8, 4) is 11.5 Å². The van der Waals surface area contributed by atoms with Crippen LogP contribution in [0, 0.1) is 0 Å². The lowest BCUT2D eigenvalue weighted by molar-refractivity contribution is 0.414. The molecule has 0 spiro atoms. The second-order valence-electron chi connectivity index (χ2n) is 4.04. The van der Waals surface area contributed by atoms with Crippen molar-refractivity contribution in [1.82, 2.24) is 0 Å². The first-order valence-electron chi connectivity index (χ1n) is 6.16. The van der Waals surface area contributed by atoms with Crippen LogP contribution in [0.3, 0.4) is 0 Å². The van der Waals surface area contributed by atoms with Crippen molar-refractivity contribution in [2.45, 2.75) is 0 Å². The largest absolute Gasteiger partial charge is 0.497 e. The fourth-order valence-corrected chi connectivity index (χ4v) is 1.64. The first kappa shape index (κ1) is 13.8. The highest BCUT2D eigenvalue weighted by Crippen LogP contribution is 2.11. The highest BCUT2D eigenvalue weighted by atomic mass is 16.5. The van der Waals surface area contributed by atoms with Gasteiger partial charge in [-0.15, -0.1) is 0 Å². The summed E-state index contributed by atoms with van der Waals surface area (Å²) in [5, 5.41) is 8.03. The molecule has 4 heteroatoms. The molecule has 2 rings (SSSR count). The topological polar surface area (TPSA) is 43.2 Å². The summed E-state index contributed by atoms with van der Waals surface area (Å²) >= 11 is 0. The summed E-state index contributed by atoms with van der Waals surface area (Å²) in [4.78, 5) is 0. The van der Waals surface area contributed by atoms with E-state index in [1.807, 2.05) is 48.5 Å². The van der Waals surface area contributed by atoms with E-state index >= 15 is 0 Å². The molecule has 0 aliphatic rings. The van der Waals surface area contributed by atoms with E-state index in [0.717, 1.165) is 22.6 Å². The van der Waals surface area contributed by atoms with Crippen molar-refractivity contribution < 1.29 is 9.47 Å². The van der Waals surface area contributed by atoms with Gasteiger partial charge in [0.05, 0.1) is 26.6 Å². The molecule has 0 aliphatic heterocycles. The summed E-state index contributed by atoms with van der Waals surface area (Å²) in [6.45, 7) is 0.